The van der Waals surface area contributed by atoms with Crippen LogP contribution in [0.5, 0.6) is 0 Å². The molecule has 0 aromatic heterocycles. The summed E-state index contributed by atoms with van der Waals surface area (Å²) in [6, 6.07) is 0. The highest BCUT2D eigenvalue weighted by molar-refractivity contribution is 5.76. The SMILES string of the molecule is N=C(N)NCCCNC(=O)CCN1CCC(CCCC2CCN(CCC(=O)NCCCNC(=N)N)CC2)CC1. The maximum absolute atomic E-state index is 12.0. The summed E-state index contributed by atoms with van der Waals surface area (Å²) >= 11 is 0. The van der Waals surface area contributed by atoms with Gasteiger partial charge in [0.25, 0.3) is 0 Å². The number of nitrogens with two attached hydrogens (primary N) is 2. The summed E-state index contributed by atoms with van der Waals surface area (Å²) in [5.74, 6) is 1.78. The Labute approximate surface area is 234 Å². The highest BCUT2D eigenvalue weighted by Crippen LogP contribution is 2.27. The summed E-state index contributed by atoms with van der Waals surface area (Å²) in [5.41, 5.74) is 10.5. The fourth-order valence-corrected chi connectivity index (χ4v) is 5.47. The molecule has 2 amide bonds. The molecule has 12 heteroatoms. The Hall–Kier alpha value is -2.60. The van der Waals surface area contributed by atoms with Crippen LogP contribution in [0.2, 0.25) is 0 Å². The topological polar surface area (TPSA) is 188 Å². The molecule has 0 saturated carbocycles. The summed E-state index contributed by atoms with van der Waals surface area (Å²) in [6.45, 7) is 8.50. The molecule has 0 aromatic rings. The van der Waals surface area contributed by atoms with Crippen molar-refractivity contribution in [3.8, 4) is 0 Å². The minimum atomic E-state index is -0.0329. The molecule has 224 valence electrons. The molecule has 2 aliphatic rings. The van der Waals surface area contributed by atoms with Crippen LogP contribution in [0.4, 0.5) is 0 Å². The van der Waals surface area contributed by atoms with Gasteiger partial charge in [-0.3, -0.25) is 20.4 Å². The second-order valence-corrected chi connectivity index (χ2v) is 11.1. The van der Waals surface area contributed by atoms with Crippen LogP contribution in [0.3, 0.4) is 0 Å². The van der Waals surface area contributed by atoms with Gasteiger partial charge in [0.15, 0.2) is 11.9 Å². The van der Waals surface area contributed by atoms with E-state index in [2.05, 4.69) is 31.1 Å². The third kappa shape index (κ3) is 16.2. The minimum Gasteiger partial charge on any atom is -0.370 e. The molecule has 0 bridgehead atoms. The van der Waals surface area contributed by atoms with Crippen molar-refractivity contribution in [1.82, 2.24) is 31.1 Å². The molecule has 2 saturated heterocycles. The number of carbonyl (C=O) groups excluding carboxylic acids is 2. The summed E-state index contributed by atoms with van der Waals surface area (Å²) < 4.78 is 0. The lowest BCUT2D eigenvalue weighted by atomic mass is 9.87. The smallest absolute Gasteiger partial charge is 0.221 e. The standard InChI is InChI=1S/C27H54N10O2/c28-26(29)34-14-2-12-32-24(38)10-20-36-16-6-22(7-17-36)4-1-5-23-8-18-37(19-9-23)21-11-25(39)33-13-3-15-35-27(30)31/h22-23H,1-21H2,(H,32,38)(H,33,39)(H4,28,29,34)(H4,30,31,35). The van der Waals surface area contributed by atoms with E-state index in [9.17, 15) is 9.59 Å². The van der Waals surface area contributed by atoms with E-state index in [0.29, 0.717) is 39.0 Å². The van der Waals surface area contributed by atoms with Gasteiger partial charge in [-0.2, -0.15) is 0 Å². The first kappa shape index (κ1) is 32.6. The number of nitrogens with one attached hydrogen (secondary N) is 6. The Morgan fingerprint density at radius 2 is 0.974 bits per heavy atom. The maximum atomic E-state index is 12.0. The predicted molar refractivity (Wildman–Crippen MR) is 156 cm³/mol. The van der Waals surface area contributed by atoms with Gasteiger partial charge in [-0.15, -0.1) is 0 Å². The van der Waals surface area contributed by atoms with Gasteiger partial charge in [-0.05, 0) is 76.5 Å². The fraction of sp³-hybridized carbons (Fsp3) is 0.852. The summed E-state index contributed by atoms with van der Waals surface area (Å²) in [5, 5.41) is 25.6. The second kappa shape index (κ2) is 19.5. The van der Waals surface area contributed by atoms with Crippen molar-refractivity contribution in [3.05, 3.63) is 0 Å². The van der Waals surface area contributed by atoms with E-state index in [1.54, 1.807) is 0 Å². The van der Waals surface area contributed by atoms with E-state index in [1.165, 1.54) is 44.9 Å². The number of rotatable bonds is 18. The molecule has 0 aromatic carbocycles. The number of piperidine rings is 2. The third-order valence-corrected chi connectivity index (χ3v) is 7.93. The molecule has 2 aliphatic heterocycles. The van der Waals surface area contributed by atoms with Crippen molar-refractivity contribution in [3.63, 3.8) is 0 Å². The molecule has 0 aliphatic carbocycles. The summed E-state index contributed by atoms with van der Waals surface area (Å²) in [4.78, 5) is 28.9. The van der Waals surface area contributed by atoms with E-state index in [0.717, 1.165) is 63.9 Å². The molecule has 12 nitrogen and oxygen atoms in total. The molecule has 39 heavy (non-hydrogen) atoms. The number of likely N-dealkylation sites (tertiary alicyclic amines) is 2. The Morgan fingerprint density at radius 3 is 1.33 bits per heavy atom. The first-order chi connectivity index (χ1) is 18.8. The fourth-order valence-electron chi connectivity index (χ4n) is 5.47. The molecule has 0 unspecified atom stereocenters. The van der Waals surface area contributed by atoms with Crippen LogP contribution in [0.15, 0.2) is 0 Å². The van der Waals surface area contributed by atoms with Crippen LogP contribution in [0.25, 0.3) is 0 Å². The zero-order valence-electron chi connectivity index (χ0n) is 23.9. The molecule has 2 heterocycles. The minimum absolute atomic E-state index is 0.0329. The van der Waals surface area contributed by atoms with E-state index in [1.807, 2.05) is 0 Å². The predicted octanol–water partition coefficient (Wildman–Crippen LogP) is 0.340. The van der Waals surface area contributed by atoms with Crippen molar-refractivity contribution in [2.75, 3.05) is 65.4 Å². The second-order valence-electron chi connectivity index (χ2n) is 11.1. The third-order valence-electron chi connectivity index (χ3n) is 7.93. The molecule has 0 spiro atoms. The molecule has 0 radical (unpaired) electrons. The number of guanidine groups is 2. The number of hydrogen-bond donors (Lipinski definition) is 8. The van der Waals surface area contributed by atoms with Crippen LogP contribution in [0.1, 0.15) is 70.6 Å². The van der Waals surface area contributed by atoms with Crippen molar-refractivity contribution in [2.45, 2.75) is 70.6 Å². The number of carbonyl (C=O) groups is 2. The lowest BCUT2D eigenvalue weighted by Gasteiger charge is -2.33. The van der Waals surface area contributed by atoms with Crippen LogP contribution in [0, 0.1) is 22.7 Å². The first-order valence-corrected chi connectivity index (χ1v) is 15.0. The monoisotopic (exact) mass is 550 g/mol. The molecule has 0 atom stereocenters. The maximum Gasteiger partial charge on any atom is 0.221 e. The zero-order valence-corrected chi connectivity index (χ0v) is 23.9. The Balaban J connectivity index is 1.42. The van der Waals surface area contributed by atoms with Gasteiger partial charge in [0.05, 0.1) is 0 Å². The van der Waals surface area contributed by atoms with Gasteiger partial charge in [0.2, 0.25) is 11.8 Å². The zero-order chi connectivity index (χ0) is 28.3. The molecular weight excluding hydrogens is 496 g/mol. The number of hydrogen-bond acceptors (Lipinski definition) is 6. The highest BCUT2D eigenvalue weighted by Gasteiger charge is 2.22. The van der Waals surface area contributed by atoms with Gasteiger partial charge in [-0.25, -0.2) is 0 Å². The molecule has 2 rings (SSSR count). The van der Waals surface area contributed by atoms with E-state index in [-0.39, 0.29) is 23.7 Å². The van der Waals surface area contributed by atoms with Crippen LogP contribution in [-0.2, 0) is 9.59 Å². The van der Waals surface area contributed by atoms with Gasteiger partial charge < -0.3 is 42.5 Å². The largest absolute Gasteiger partial charge is 0.370 e. The van der Waals surface area contributed by atoms with Crippen molar-refractivity contribution in [1.29, 1.82) is 10.8 Å². The normalized spacial score (nSPS) is 17.4. The molecular formula is C27H54N10O2. The van der Waals surface area contributed by atoms with E-state index >= 15 is 0 Å². The highest BCUT2D eigenvalue weighted by atomic mass is 16.2. The van der Waals surface area contributed by atoms with Crippen molar-refractivity contribution >= 4 is 23.7 Å². The quantitative estimate of drug-likeness (QED) is 0.0681. The molecule has 2 fully saturated rings. The van der Waals surface area contributed by atoms with Crippen LogP contribution in [-0.4, -0.2) is 99.0 Å². The Bertz CT molecular complexity index is 674. The summed E-state index contributed by atoms with van der Waals surface area (Å²) in [6.07, 6.45) is 11.6. The number of nitrogens with zero attached hydrogens (tertiary/aromatic N) is 2. The Kier molecular flexibility index (Phi) is 16.3. The lowest BCUT2D eigenvalue weighted by molar-refractivity contribution is -0.122. The van der Waals surface area contributed by atoms with Crippen LogP contribution >= 0.6 is 0 Å². The van der Waals surface area contributed by atoms with E-state index in [4.69, 9.17) is 22.3 Å². The van der Waals surface area contributed by atoms with Crippen LogP contribution < -0.4 is 32.7 Å². The number of amides is 2. The van der Waals surface area contributed by atoms with Gasteiger partial charge in [-0.1, -0.05) is 19.3 Å². The van der Waals surface area contributed by atoms with Gasteiger partial charge in [0.1, 0.15) is 0 Å². The first-order valence-electron chi connectivity index (χ1n) is 15.0. The average molecular weight is 551 g/mol. The lowest BCUT2D eigenvalue weighted by Crippen LogP contribution is -2.38. The van der Waals surface area contributed by atoms with E-state index < -0.39 is 0 Å². The summed E-state index contributed by atoms with van der Waals surface area (Å²) in [7, 11) is 0. The molecule has 10 N–H and O–H groups in total. The average Bonchev–Trinajstić information content (AvgIpc) is 2.91. The van der Waals surface area contributed by atoms with Crippen molar-refractivity contribution in [2.24, 2.45) is 23.3 Å². The van der Waals surface area contributed by atoms with Crippen molar-refractivity contribution < 1.29 is 9.59 Å². The van der Waals surface area contributed by atoms with Gasteiger partial charge >= 0.3 is 0 Å². The van der Waals surface area contributed by atoms with Gasteiger partial charge in [0, 0.05) is 52.1 Å². The Morgan fingerprint density at radius 1 is 0.615 bits per heavy atom.